The van der Waals surface area contributed by atoms with Crippen LogP contribution in [0.1, 0.15) is 59.4 Å². The summed E-state index contributed by atoms with van der Waals surface area (Å²) in [6, 6.07) is 16.3. The Balaban J connectivity index is 2.15. The highest BCUT2D eigenvalue weighted by Crippen LogP contribution is 2.28. The van der Waals surface area contributed by atoms with E-state index in [2.05, 4.69) is 34.7 Å². The summed E-state index contributed by atoms with van der Waals surface area (Å²) in [5.41, 5.74) is 4.20. The van der Waals surface area contributed by atoms with Crippen LogP contribution < -0.4 is 4.57 Å². The maximum absolute atomic E-state index is 8.52. The van der Waals surface area contributed by atoms with E-state index in [1.165, 1.54) is 0 Å². The summed E-state index contributed by atoms with van der Waals surface area (Å²) in [5.74, 6) is 0.0220. The lowest BCUT2D eigenvalue weighted by atomic mass is 10.1. The minimum Gasteiger partial charge on any atom is -0.225 e. The van der Waals surface area contributed by atoms with E-state index in [4.69, 9.17) is 12.7 Å². The Hall–Kier alpha value is -3.08. The topological polar surface area (TPSA) is 47.5 Å². The maximum atomic E-state index is 8.52. The molecule has 0 bridgehead atoms. The van der Waals surface area contributed by atoms with Crippen LogP contribution >= 0.6 is 0 Å². The van der Waals surface area contributed by atoms with Crippen LogP contribution in [0.5, 0.6) is 0 Å². The number of fused-ring (bicyclic) bond motifs is 1. The van der Waals surface area contributed by atoms with Crippen molar-refractivity contribution in [2.45, 2.75) is 46.4 Å². The monoisotopic (exact) mass is 388 g/mol. The van der Waals surface area contributed by atoms with Crippen LogP contribution in [0.4, 0.5) is 0 Å². The van der Waals surface area contributed by atoms with Crippen LogP contribution in [0, 0.1) is 6.92 Å². The van der Waals surface area contributed by atoms with Gasteiger partial charge in [0, 0.05) is 14.5 Å². The maximum Gasteiger partial charge on any atom is 0.330 e. The van der Waals surface area contributed by atoms with E-state index in [9.17, 15) is 0 Å². The largest absolute Gasteiger partial charge is 0.330 e. The zero-order chi connectivity index (χ0) is 22.6. The molecule has 2 aromatic heterocycles. The van der Waals surface area contributed by atoms with Crippen LogP contribution in [0.2, 0.25) is 0 Å². The molecule has 0 aliphatic rings. The van der Waals surface area contributed by atoms with Crippen molar-refractivity contribution < 1.29 is 7.31 Å². The van der Waals surface area contributed by atoms with E-state index in [1.54, 1.807) is 27.7 Å². The minimum atomic E-state index is -1.02. The standard InChI is InChI=1S/C24H28N5/c1-15(2)21-25-22(16(3)4)27-24(26-21)29-20-14-10-9-13-19(20)28(6)23(29)18-12-8-7-11-17(18)5/h7-16H,1-6H3/q+1/i15D,16D. The van der Waals surface area contributed by atoms with E-state index >= 15 is 0 Å². The van der Waals surface area contributed by atoms with Gasteiger partial charge in [-0.1, -0.05) is 58.0 Å². The van der Waals surface area contributed by atoms with Crippen LogP contribution in [-0.2, 0) is 7.05 Å². The quantitative estimate of drug-likeness (QED) is 0.469. The average molecular weight is 389 g/mol. The van der Waals surface area contributed by atoms with Crippen molar-refractivity contribution in [3.05, 3.63) is 65.7 Å². The molecule has 0 saturated heterocycles. The molecular weight excluding hydrogens is 358 g/mol. The zero-order valence-electron chi connectivity index (χ0n) is 19.9. The first-order valence-corrected chi connectivity index (χ1v) is 9.81. The molecule has 4 aromatic rings. The first-order valence-electron chi connectivity index (χ1n) is 10.8. The minimum absolute atomic E-state index is 0.351. The molecule has 2 aromatic carbocycles. The molecule has 0 fully saturated rings. The van der Waals surface area contributed by atoms with E-state index < -0.39 is 11.8 Å². The lowest BCUT2D eigenvalue weighted by Crippen LogP contribution is -2.30. The van der Waals surface area contributed by atoms with Gasteiger partial charge in [-0.3, -0.25) is 0 Å². The molecule has 5 nitrogen and oxygen atoms in total. The fraction of sp³-hybridized carbons (Fsp3) is 0.333. The van der Waals surface area contributed by atoms with Crippen molar-refractivity contribution in [3.63, 3.8) is 0 Å². The second-order valence-corrected chi connectivity index (χ2v) is 7.80. The smallest absolute Gasteiger partial charge is 0.225 e. The molecule has 0 radical (unpaired) electrons. The zero-order valence-corrected chi connectivity index (χ0v) is 17.9. The van der Waals surface area contributed by atoms with Crippen molar-refractivity contribution in [2.24, 2.45) is 7.05 Å². The van der Waals surface area contributed by atoms with Gasteiger partial charge in [0.1, 0.15) is 11.6 Å². The Bertz CT molecular complexity index is 1250. The Morgan fingerprint density at radius 2 is 1.45 bits per heavy atom. The van der Waals surface area contributed by atoms with Gasteiger partial charge in [-0.05, 0) is 30.7 Å². The number of para-hydroxylation sites is 2. The van der Waals surface area contributed by atoms with Crippen molar-refractivity contribution in [1.82, 2.24) is 19.5 Å². The number of hydrogen-bond donors (Lipinski definition) is 0. The van der Waals surface area contributed by atoms with Crippen LogP contribution in [0.25, 0.3) is 28.4 Å². The normalized spacial score (nSPS) is 13.4. The molecule has 0 spiro atoms. The van der Waals surface area contributed by atoms with Gasteiger partial charge in [0.05, 0.1) is 12.6 Å². The van der Waals surface area contributed by atoms with Gasteiger partial charge < -0.3 is 0 Å². The summed E-state index contributed by atoms with van der Waals surface area (Å²) in [6.45, 7) is 9.10. The molecule has 0 amide bonds. The SMILES string of the molecule is [2H]C(C)(C)c1nc(-n2c(-c3ccccc3C)[n+](C)c3ccccc32)nc(C([2H])(C)C)n1. The highest BCUT2D eigenvalue weighted by Gasteiger charge is 2.29. The molecule has 0 unspecified atom stereocenters. The number of imidazole rings is 1. The molecule has 2 heterocycles. The molecule has 0 atom stereocenters. The van der Waals surface area contributed by atoms with Crippen LogP contribution in [0.3, 0.4) is 0 Å². The number of aromatic nitrogens is 5. The summed E-state index contributed by atoms with van der Waals surface area (Å²) < 4.78 is 21.2. The lowest BCUT2D eigenvalue weighted by Gasteiger charge is -2.11. The second kappa shape index (κ2) is 7.39. The van der Waals surface area contributed by atoms with E-state index in [-0.39, 0.29) is 0 Å². The number of rotatable bonds is 4. The highest BCUT2D eigenvalue weighted by molar-refractivity contribution is 5.78. The van der Waals surface area contributed by atoms with Gasteiger partial charge in [0.25, 0.3) is 5.82 Å². The predicted molar refractivity (Wildman–Crippen MR) is 116 cm³/mol. The fourth-order valence-corrected chi connectivity index (χ4v) is 3.55. The molecule has 5 heteroatoms. The van der Waals surface area contributed by atoms with Crippen molar-refractivity contribution in [1.29, 1.82) is 0 Å². The number of benzene rings is 2. The molecular formula is C24H28N5+. The molecule has 4 rings (SSSR count). The Labute approximate surface area is 174 Å². The summed E-state index contributed by atoms with van der Waals surface area (Å²) >= 11 is 0. The van der Waals surface area contributed by atoms with Crippen molar-refractivity contribution >= 4 is 11.0 Å². The molecule has 0 aliphatic carbocycles. The first kappa shape index (κ1) is 16.8. The van der Waals surface area contributed by atoms with Crippen LogP contribution in [0.15, 0.2) is 48.5 Å². The lowest BCUT2D eigenvalue weighted by molar-refractivity contribution is -0.633. The van der Waals surface area contributed by atoms with Gasteiger partial charge in [0.2, 0.25) is 0 Å². The fourth-order valence-electron chi connectivity index (χ4n) is 3.55. The van der Waals surface area contributed by atoms with E-state index in [0.717, 1.165) is 28.0 Å². The third-order valence-corrected chi connectivity index (χ3v) is 5.12. The second-order valence-electron chi connectivity index (χ2n) is 7.80. The molecule has 0 aliphatic heterocycles. The third-order valence-electron chi connectivity index (χ3n) is 5.12. The van der Waals surface area contributed by atoms with Crippen molar-refractivity contribution in [2.75, 3.05) is 0 Å². The van der Waals surface area contributed by atoms with Gasteiger partial charge in [0.15, 0.2) is 11.0 Å². The van der Waals surface area contributed by atoms with E-state index in [1.807, 2.05) is 41.9 Å². The summed E-state index contributed by atoms with van der Waals surface area (Å²) in [7, 11) is 2.03. The van der Waals surface area contributed by atoms with Gasteiger partial charge in [-0.15, -0.1) is 0 Å². The number of hydrogen-bond acceptors (Lipinski definition) is 3. The summed E-state index contributed by atoms with van der Waals surface area (Å²) in [4.78, 5) is 13.9. The molecule has 0 N–H and O–H groups in total. The highest BCUT2D eigenvalue weighted by atomic mass is 15.3. The van der Waals surface area contributed by atoms with Crippen molar-refractivity contribution in [3.8, 4) is 17.3 Å². The third kappa shape index (κ3) is 3.31. The number of nitrogens with zero attached hydrogens (tertiary/aromatic N) is 5. The average Bonchev–Trinajstić information content (AvgIpc) is 2.99. The van der Waals surface area contributed by atoms with Gasteiger partial charge in [-0.2, -0.15) is 14.5 Å². The predicted octanol–water partition coefficient (Wildman–Crippen LogP) is 4.86. The molecule has 0 saturated carbocycles. The number of aryl methyl sites for hydroxylation is 2. The van der Waals surface area contributed by atoms with Gasteiger partial charge >= 0.3 is 5.95 Å². The van der Waals surface area contributed by atoms with Crippen LogP contribution in [-0.4, -0.2) is 19.5 Å². The Morgan fingerprint density at radius 3 is 2.07 bits per heavy atom. The Kier molecular flexibility index (Phi) is 4.29. The van der Waals surface area contributed by atoms with E-state index in [0.29, 0.717) is 17.6 Å². The Morgan fingerprint density at radius 1 is 0.862 bits per heavy atom. The summed E-state index contributed by atoms with van der Waals surface area (Å²) in [5, 5.41) is 0. The molecule has 29 heavy (non-hydrogen) atoms. The first-order chi connectivity index (χ1) is 14.5. The molecule has 148 valence electrons. The summed E-state index contributed by atoms with van der Waals surface area (Å²) in [6.07, 6.45) is 0. The van der Waals surface area contributed by atoms with Gasteiger partial charge in [-0.25, -0.2) is 9.55 Å².